The van der Waals surface area contributed by atoms with Crippen LogP contribution in [0, 0.1) is 22.9 Å². The van der Waals surface area contributed by atoms with E-state index in [1.54, 1.807) is 0 Å². The highest BCUT2D eigenvalue weighted by molar-refractivity contribution is 7.22. The van der Waals surface area contributed by atoms with E-state index in [4.69, 9.17) is 0 Å². The van der Waals surface area contributed by atoms with E-state index >= 15 is 0 Å². The summed E-state index contributed by atoms with van der Waals surface area (Å²) in [5, 5.41) is 2.45. The van der Waals surface area contributed by atoms with Gasteiger partial charge in [-0.1, -0.05) is 127 Å². The van der Waals surface area contributed by atoms with Crippen LogP contribution in [0.25, 0.3) is 31.3 Å². The second-order valence-electron chi connectivity index (χ2n) is 12.3. The molecule has 0 aliphatic heterocycles. The molecule has 3 aromatic carbocycles. The molecule has 0 bridgehead atoms. The first-order valence-electron chi connectivity index (χ1n) is 16.9. The maximum atomic E-state index is 4.57. The van der Waals surface area contributed by atoms with Crippen LogP contribution in [0.4, 0.5) is 0 Å². The quantitative estimate of drug-likeness (QED) is 0.102. The molecule has 5 aromatic rings. The van der Waals surface area contributed by atoms with Crippen LogP contribution in [-0.2, 0) is 0 Å². The molecule has 0 atom stereocenters. The van der Waals surface area contributed by atoms with Crippen LogP contribution in [0.3, 0.4) is 0 Å². The maximum Gasteiger partial charge on any atom is 0.138 e. The van der Waals surface area contributed by atoms with Gasteiger partial charge in [-0.3, -0.25) is 0 Å². The van der Waals surface area contributed by atoms with Crippen LogP contribution in [0.2, 0.25) is 36.3 Å². The molecule has 0 unspecified atom stereocenters. The second-order valence-corrected chi connectivity index (χ2v) is 24.3. The van der Waals surface area contributed by atoms with E-state index < -0.39 is 16.1 Å². The average Bonchev–Trinajstić information content (AvgIpc) is 3.76. The van der Waals surface area contributed by atoms with E-state index in [-0.39, 0.29) is 0 Å². The molecule has 0 aliphatic rings. The highest BCUT2D eigenvalue weighted by atomic mass is 32.1. The fraction of sp³-hybridized carbons (Fsp3) is 0.286. The minimum Gasteiger partial charge on any atom is -0.134 e. The van der Waals surface area contributed by atoms with Gasteiger partial charge in [0.1, 0.15) is 16.1 Å². The van der Waals surface area contributed by atoms with Gasteiger partial charge in [0, 0.05) is 20.5 Å². The first-order chi connectivity index (χ1) is 22.3. The van der Waals surface area contributed by atoms with Gasteiger partial charge in [-0.05, 0) is 70.7 Å². The van der Waals surface area contributed by atoms with Crippen molar-refractivity contribution in [3.05, 3.63) is 118 Å². The highest BCUT2D eigenvalue weighted by Gasteiger charge is 2.27. The molecule has 2 aromatic heterocycles. The Kier molecular flexibility index (Phi) is 10.8. The number of benzene rings is 3. The molecule has 0 spiro atoms. The monoisotopic (exact) mass is 670 g/mol. The first-order valence-corrected chi connectivity index (χ1v) is 23.7. The second kappa shape index (κ2) is 14.6. The zero-order valence-electron chi connectivity index (χ0n) is 28.4. The largest absolute Gasteiger partial charge is 0.138 e. The van der Waals surface area contributed by atoms with Crippen molar-refractivity contribution in [3.63, 3.8) is 0 Å². The lowest BCUT2D eigenvalue weighted by molar-refractivity contribution is 1.20. The number of hydrogen-bond donors (Lipinski definition) is 0. The number of hydrogen-bond acceptors (Lipinski definition) is 2. The normalized spacial score (nSPS) is 11.6. The number of rotatable bonds is 10. The van der Waals surface area contributed by atoms with Crippen LogP contribution >= 0.6 is 22.7 Å². The summed E-state index contributed by atoms with van der Waals surface area (Å²) in [6, 6.07) is 32.9. The van der Waals surface area contributed by atoms with Crippen molar-refractivity contribution in [2.45, 2.75) is 77.8 Å². The minimum atomic E-state index is -1.69. The van der Waals surface area contributed by atoms with Crippen molar-refractivity contribution in [2.24, 2.45) is 0 Å². The average molecular weight is 671 g/mol. The Balaban J connectivity index is 1.88. The minimum absolute atomic E-state index is 1.06. The molecular weight excluding hydrogens is 625 g/mol. The Morgan fingerprint density at radius 3 is 1.17 bits per heavy atom. The molecule has 0 radical (unpaired) electrons. The third kappa shape index (κ3) is 6.55. The molecule has 46 heavy (non-hydrogen) atoms. The lowest BCUT2D eigenvalue weighted by atomic mass is 10.00. The Labute approximate surface area is 287 Å². The molecule has 5 rings (SSSR count). The Morgan fingerprint density at radius 1 is 0.543 bits per heavy atom. The smallest absolute Gasteiger partial charge is 0.134 e. The van der Waals surface area contributed by atoms with Crippen molar-refractivity contribution in [1.82, 2.24) is 0 Å². The Bertz CT molecular complexity index is 1780. The van der Waals surface area contributed by atoms with Crippen molar-refractivity contribution in [3.8, 4) is 22.9 Å². The standard InChI is InChI=1S/C42H46S2Si2/c1-9-45(10-2,11-3)27-25-35-37-29-39(31(7)33-21-17-15-18-22-33)44-42(37)36(26-28-46(12-4,13-5)14-6)38-30-40(43-41(35)38)32(8)34-23-19-16-20-24-34/h15-24,29-30H,7-14H2,1-6H3. The molecule has 0 fully saturated rings. The van der Waals surface area contributed by atoms with E-state index in [9.17, 15) is 0 Å². The molecule has 0 aliphatic carbocycles. The van der Waals surface area contributed by atoms with E-state index in [1.807, 2.05) is 22.7 Å². The van der Waals surface area contributed by atoms with E-state index in [2.05, 4.69) is 150 Å². The first kappa shape index (κ1) is 34.0. The summed E-state index contributed by atoms with van der Waals surface area (Å²) in [5.74, 6) is 7.74. The zero-order valence-corrected chi connectivity index (χ0v) is 32.0. The lowest BCUT2D eigenvalue weighted by Crippen LogP contribution is -2.29. The summed E-state index contributed by atoms with van der Waals surface area (Å²) in [7, 11) is -3.38. The van der Waals surface area contributed by atoms with Gasteiger partial charge in [-0.2, -0.15) is 0 Å². The van der Waals surface area contributed by atoms with Gasteiger partial charge in [-0.25, -0.2) is 0 Å². The predicted octanol–water partition coefficient (Wildman–Crippen LogP) is 13.0. The zero-order chi connectivity index (χ0) is 32.9. The summed E-state index contributed by atoms with van der Waals surface area (Å²) in [6.07, 6.45) is 0. The topological polar surface area (TPSA) is 0 Å². The van der Waals surface area contributed by atoms with Gasteiger partial charge in [0.25, 0.3) is 0 Å². The SMILES string of the molecule is C=C(c1ccccc1)c1cc2c(C#C[Si](CC)(CC)CC)c3sc(C(=C)c4ccccc4)cc3c(C#C[Si](CC)(CC)CC)c2s1. The molecule has 0 saturated heterocycles. The van der Waals surface area contributed by atoms with Crippen molar-refractivity contribution >= 4 is 70.1 Å². The van der Waals surface area contributed by atoms with Crippen molar-refractivity contribution in [2.75, 3.05) is 0 Å². The van der Waals surface area contributed by atoms with Crippen LogP contribution in [0.1, 0.15) is 73.6 Å². The van der Waals surface area contributed by atoms with Crippen LogP contribution < -0.4 is 0 Å². The van der Waals surface area contributed by atoms with Crippen molar-refractivity contribution < 1.29 is 0 Å². The van der Waals surface area contributed by atoms with Gasteiger partial charge in [0.2, 0.25) is 0 Å². The van der Waals surface area contributed by atoms with Gasteiger partial charge in [0.05, 0.1) is 20.5 Å². The molecule has 0 saturated carbocycles. The van der Waals surface area contributed by atoms with E-state index in [0.717, 1.165) is 33.4 Å². The van der Waals surface area contributed by atoms with Gasteiger partial charge in [0.15, 0.2) is 0 Å². The van der Waals surface area contributed by atoms with Gasteiger partial charge < -0.3 is 0 Å². The van der Waals surface area contributed by atoms with Crippen molar-refractivity contribution in [1.29, 1.82) is 0 Å². The molecule has 0 amide bonds. The van der Waals surface area contributed by atoms with E-state index in [1.165, 1.54) is 66.2 Å². The molecule has 234 valence electrons. The number of thiophene rings is 2. The van der Waals surface area contributed by atoms with Crippen LogP contribution in [0.5, 0.6) is 0 Å². The lowest BCUT2D eigenvalue weighted by Gasteiger charge is -2.20. The van der Waals surface area contributed by atoms with Gasteiger partial charge >= 0.3 is 0 Å². The molecule has 0 nitrogen and oxygen atoms in total. The fourth-order valence-corrected chi connectivity index (χ4v) is 13.5. The Morgan fingerprint density at radius 2 is 0.870 bits per heavy atom. The summed E-state index contributed by atoms with van der Waals surface area (Å²) in [4.78, 5) is 2.38. The Hall–Kier alpha value is -3.39. The summed E-state index contributed by atoms with van der Waals surface area (Å²) < 4.78 is 2.49. The summed E-state index contributed by atoms with van der Waals surface area (Å²) >= 11 is 3.67. The van der Waals surface area contributed by atoms with Gasteiger partial charge in [-0.15, -0.1) is 33.8 Å². The maximum absolute atomic E-state index is 4.57. The molecule has 4 heteroatoms. The molecule has 2 heterocycles. The molecule has 0 N–H and O–H groups in total. The van der Waals surface area contributed by atoms with E-state index in [0.29, 0.717) is 0 Å². The third-order valence-electron chi connectivity index (χ3n) is 10.3. The fourth-order valence-electron chi connectivity index (χ4n) is 6.30. The third-order valence-corrected chi connectivity index (χ3v) is 22.1. The number of fused-ring (bicyclic) bond motifs is 2. The predicted molar refractivity (Wildman–Crippen MR) is 215 cm³/mol. The summed E-state index contributed by atoms with van der Waals surface area (Å²) in [5.41, 5.74) is 14.6. The van der Waals surface area contributed by atoms with Crippen LogP contribution in [-0.4, -0.2) is 16.1 Å². The summed E-state index contributed by atoms with van der Waals surface area (Å²) in [6.45, 7) is 23.2. The highest BCUT2D eigenvalue weighted by Crippen LogP contribution is 2.45. The molecular formula is C42H46S2Si2. The van der Waals surface area contributed by atoms with Crippen LogP contribution in [0.15, 0.2) is 86.0 Å².